The lowest BCUT2D eigenvalue weighted by Gasteiger charge is -2.07. The predicted molar refractivity (Wildman–Crippen MR) is 106 cm³/mol. The van der Waals surface area contributed by atoms with E-state index in [4.69, 9.17) is 27.9 Å². The molecule has 0 aliphatic carbocycles. The number of hydrogen-bond acceptors (Lipinski definition) is 5. The highest BCUT2D eigenvalue weighted by molar-refractivity contribution is 6.35. The summed E-state index contributed by atoms with van der Waals surface area (Å²) in [6, 6.07) is 12.5. The van der Waals surface area contributed by atoms with Crippen molar-refractivity contribution in [2.24, 2.45) is 5.10 Å². The van der Waals surface area contributed by atoms with Gasteiger partial charge in [0.2, 0.25) is 5.91 Å². The standard InChI is InChI=1S/C19H16Cl2N4O2/c20-13-7-8-18(15(21)10-13)27-9-3-6-19(26)25-23-12-14-11-22-16-4-1-2-5-17(16)24-14/h1-2,4-5,7-8,10-12H,3,6,9H2,(H,25,26)/b23-12-. The first-order valence-electron chi connectivity index (χ1n) is 8.23. The van der Waals surface area contributed by atoms with E-state index in [1.54, 1.807) is 24.4 Å². The number of rotatable bonds is 7. The van der Waals surface area contributed by atoms with Crippen LogP contribution in [0.3, 0.4) is 0 Å². The Labute approximate surface area is 166 Å². The lowest BCUT2D eigenvalue weighted by Crippen LogP contribution is -2.18. The molecular weight excluding hydrogens is 387 g/mol. The molecule has 0 atom stereocenters. The fraction of sp³-hybridized carbons (Fsp3) is 0.158. The number of carbonyl (C=O) groups excluding carboxylic acids is 1. The first-order chi connectivity index (χ1) is 13.1. The smallest absolute Gasteiger partial charge is 0.240 e. The van der Waals surface area contributed by atoms with Crippen LogP contribution < -0.4 is 10.2 Å². The minimum absolute atomic E-state index is 0.217. The Morgan fingerprint density at radius 3 is 2.81 bits per heavy atom. The van der Waals surface area contributed by atoms with E-state index in [-0.39, 0.29) is 12.3 Å². The molecule has 0 bridgehead atoms. The van der Waals surface area contributed by atoms with Gasteiger partial charge in [0.25, 0.3) is 0 Å². The van der Waals surface area contributed by atoms with Gasteiger partial charge in [0, 0.05) is 11.4 Å². The van der Waals surface area contributed by atoms with Crippen LogP contribution in [0.2, 0.25) is 10.0 Å². The SMILES string of the molecule is O=C(CCCOc1ccc(Cl)cc1Cl)N/N=C\c1cnc2ccccc2n1. The van der Waals surface area contributed by atoms with Crippen LogP contribution in [0, 0.1) is 0 Å². The number of amides is 1. The zero-order chi connectivity index (χ0) is 19.1. The fourth-order valence-electron chi connectivity index (χ4n) is 2.27. The molecule has 0 aliphatic rings. The van der Waals surface area contributed by atoms with Crippen molar-refractivity contribution in [2.75, 3.05) is 6.61 Å². The van der Waals surface area contributed by atoms with E-state index in [9.17, 15) is 4.79 Å². The number of carbonyl (C=O) groups is 1. The molecule has 1 amide bonds. The number of ether oxygens (including phenoxy) is 1. The molecule has 3 aromatic rings. The summed E-state index contributed by atoms with van der Waals surface area (Å²) in [6.45, 7) is 0.356. The number of hydrogen-bond donors (Lipinski definition) is 1. The summed E-state index contributed by atoms with van der Waals surface area (Å²) in [5.74, 6) is 0.320. The van der Waals surface area contributed by atoms with Gasteiger partial charge in [-0.1, -0.05) is 35.3 Å². The lowest BCUT2D eigenvalue weighted by molar-refractivity contribution is -0.121. The summed E-state index contributed by atoms with van der Waals surface area (Å²) in [6.07, 6.45) is 3.85. The van der Waals surface area contributed by atoms with Gasteiger partial charge in [-0.2, -0.15) is 5.10 Å². The molecule has 0 unspecified atom stereocenters. The third-order valence-corrected chi connectivity index (χ3v) is 4.08. The molecule has 27 heavy (non-hydrogen) atoms. The van der Waals surface area contributed by atoms with E-state index in [2.05, 4.69) is 20.5 Å². The summed E-state index contributed by atoms with van der Waals surface area (Å²) < 4.78 is 5.53. The average molecular weight is 403 g/mol. The maximum Gasteiger partial charge on any atom is 0.240 e. The minimum Gasteiger partial charge on any atom is -0.492 e. The third kappa shape index (κ3) is 5.64. The molecule has 6 nitrogen and oxygen atoms in total. The number of nitrogens with zero attached hydrogens (tertiary/aromatic N) is 3. The molecule has 0 saturated carbocycles. The largest absolute Gasteiger partial charge is 0.492 e. The topological polar surface area (TPSA) is 76.5 Å². The van der Waals surface area contributed by atoms with Gasteiger partial charge in [0.05, 0.1) is 35.1 Å². The molecule has 1 N–H and O–H groups in total. The van der Waals surface area contributed by atoms with Crippen molar-refractivity contribution in [3.63, 3.8) is 0 Å². The summed E-state index contributed by atoms with van der Waals surface area (Å²) in [5, 5.41) is 4.89. The summed E-state index contributed by atoms with van der Waals surface area (Å²) in [4.78, 5) is 20.5. The van der Waals surface area contributed by atoms with Gasteiger partial charge in [-0.3, -0.25) is 9.78 Å². The average Bonchev–Trinajstić information content (AvgIpc) is 2.66. The van der Waals surface area contributed by atoms with Crippen molar-refractivity contribution >= 4 is 46.4 Å². The van der Waals surface area contributed by atoms with E-state index < -0.39 is 0 Å². The number of para-hydroxylation sites is 2. The predicted octanol–water partition coefficient (Wildman–Crippen LogP) is 4.25. The third-order valence-electron chi connectivity index (χ3n) is 3.55. The molecule has 1 aromatic heterocycles. The molecule has 0 fully saturated rings. The molecular formula is C19H16Cl2N4O2. The van der Waals surface area contributed by atoms with E-state index >= 15 is 0 Å². The van der Waals surface area contributed by atoms with Crippen LogP contribution in [0.4, 0.5) is 0 Å². The number of fused-ring (bicyclic) bond motifs is 1. The molecule has 0 radical (unpaired) electrons. The maximum absolute atomic E-state index is 11.8. The van der Waals surface area contributed by atoms with Crippen molar-refractivity contribution in [3.8, 4) is 5.75 Å². The Bertz CT molecular complexity index is 979. The molecule has 138 valence electrons. The van der Waals surface area contributed by atoms with Crippen molar-refractivity contribution < 1.29 is 9.53 Å². The molecule has 8 heteroatoms. The number of halogens is 2. The van der Waals surface area contributed by atoms with E-state index in [1.165, 1.54) is 6.21 Å². The quantitative estimate of drug-likeness (QED) is 0.364. The fourth-order valence-corrected chi connectivity index (χ4v) is 2.73. The van der Waals surface area contributed by atoms with Crippen molar-refractivity contribution in [1.29, 1.82) is 0 Å². The summed E-state index contributed by atoms with van der Waals surface area (Å²) in [7, 11) is 0. The van der Waals surface area contributed by atoms with Gasteiger partial charge in [-0.25, -0.2) is 10.4 Å². The van der Waals surface area contributed by atoms with Crippen LogP contribution in [0.15, 0.2) is 53.8 Å². The zero-order valence-electron chi connectivity index (χ0n) is 14.2. The van der Waals surface area contributed by atoms with Crippen LogP contribution in [-0.2, 0) is 4.79 Å². The van der Waals surface area contributed by atoms with Crippen molar-refractivity contribution in [1.82, 2.24) is 15.4 Å². The van der Waals surface area contributed by atoms with Crippen LogP contribution in [0.1, 0.15) is 18.5 Å². The van der Waals surface area contributed by atoms with Crippen molar-refractivity contribution in [2.45, 2.75) is 12.8 Å². The Morgan fingerprint density at radius 2 is 2.00 bits per heavy atom. The second kappa shape index (κ2) is 9.30. The van der Waals surface area contributed by atoms with Crippen LogP contribution >= 0.6 is 23.2 Å². The molecule has 0 aliphatic heterocycles. The maximum atomic E-state index is 11.8. The Kier molecular flexibility index (Phi) is 6.57. The van der Waals surface area contributed by atoms with Crippen LogP contribution in [0.5, 0.6) is 5.75 Å². The highest BCUT2D eigenvalue weighted by Crippen LogP contribution is 2.27. The first kappa shape index (κ1) is 19.1. The lowest BCUT2D eigenvalue weighted by atomic mass is 10.3. The van der Waals surface area contributed by atoms with Gasteiger partial charge in [-0.05, 0) is 36.8 Å². The number of benzene rings is 2. The highest BCUT2D eigenvalue weighted by Gasteiger charge is 2.04. The van der Waals surface area contributed by atoms with Gasteiger partial charge >= 0.3 is 0 Å². The molecule has 1 heterocycles. The normalized spacial score (nSPS) is 11.0. The van der Waals surface area contributed by atoms with Gasteiger partial charge in [0.15, 0.2) is 0 Å². The van der Waals surface area contributed by atoms with Crippen LogP contribution in [0.25, 0.3) is 11.0 Å². The number of hydrazone groups is 1. The number of nitrogens with one attached hydrogen (secondary N) is 1. The second-order valence-electron chi connectivity index (χ2n) is 5.60. The van der Waals surface area contributed by atoms with Gasteiger partial charge in [0.1, 0.15) is 11.4 Å². The molecule has 0 spiro atoms. The Hall–Kier alpha value is -2.70. The van der Waals surface area contributed by atoms with E-state index in [0.29, 0.717) is 34.5 Å². The Morgan fingerprint density at radius 1 is 1.19 bits per heavy atom. The monoisotopic (exact) mass is 402 g/mol. The number of aromatic nitrogens is 2. The van der Waals surface area contributed by atoms with E-state index in [0.717, 1.165) is 11.0 Å². The molecule has 0 saturated heterocycles. The van der Waals surface area contributed by atoms with Gasteiger partial charge < -0.3 is 4.74 Å². The van der Waals surface area contributed by atoms with Gasteiger partial charge in [-0.15, -0.1) is 0 Å². The molecule has 3 rings (SSSR count). The Balaban J connectivity index is 1.41. The summed E-state index contributed by atoms with van der Waals surface area (Å²) in [5.41, 5.74) is 4.60. The van der Waals surface area contributed by atoms with Crippen LogP contribution in [-0.4, -0.2) is 28.7 Å². The molecule has 2 aromatic carbocycles. The highest BCUT2D eigenvalue weighted by atomic mass is 35.5. The van der Waals surface area contributed by atoms with Crippen molar-refractivity contribution in [3.05, 3.63) is 64.4 Å². The van der Waals surface area contributed by atoms with E-state index in [1.807, 2.05) is 24.3 Å². The first-order valence-corrected chi connectivity index (χ1v) is 8.99. The zero-order valence-corrected chi connectivity index (χ0v) is 15.7. The second-order valence-corrected chi connectivity index (χ2v) is 6.45. The summed E-state index contributed by atoms with van der Waals surface area (Å²) >= 11 is 11.8. The minimum atomic E-state index is -0.217.